The molecule has 3 nitrogen and oxygen atoms in total. The van der Waals surface area contributed by atoms with E-state index in [0.29, 0.717) is 6.07 Å². The van der Waals surface area contributed by atoms with Gasteiger partial charge in [0.05, 0.1) is 24.8 Å². The molecular weight excluding hydrogens is 240 g/mol. The predicted molar refractivity (Wildman–Crippen MR) is 58.1 cm³/mol. The van der Waals surface area contributed by atoms with Gasteiger partial charge in [-0.3, -0.25) is 0 Å². The number of aliphatic hydroxyl groups is 1. The zero-order valence-electron chi connectivity index (χ0n) is 8.64. The summed E-state index contributed by atoms with van der Waals surface area (Å²) in [6.07, 6.45) is -0.794. The van der Waals surface area contributed by atoms with E-state index in [1.54, 1.807) is 0 Å². The molecule has 0 aliphatic carbocycles. The second kappa shape index (κ2) is 5.86. The largest absolute Gasteiger partial charge is 0.494 e. The summed E-state index contributed by atoms with van der Waals surface area (Å²) in [5.41, 5.74) is 0.0578. The van der Waals surface area contributed by atoms with Crippen molar-refractivity contribution in [3.05, 3.63) is 23.8 Å². The van der Waals surface area contributed by atoms with Crippen LogP contribution < -0.4 is 10.1 Å². The van der Waals surface area contributed by atoms with Gasteiger partial charge in [0.1, 0.15) is 5.82 Å². The van der Waals surface area contributed by atoms with Crippen LogP contribution in [0.3, 0.4) is 0 Å². The van der Waals surface area contributed by atoms with Crippen LogP contribution in [0.1, 0.15) is 0 Å². The molecular formula is C10H12ClF2NO2. The van der Waals surface area contributed by atoms with Gasteiger partial charge in [-0.1, -0.05) is 0 Å². The van der Waals surface area contributed by atoms with Gasteiger partial charge in [0.2, 0.25) is 0 Å². The lowest BCUT2D eigenvalue weighted by atomic mass is 10.2. The molecule has 1 unspecified atom stereocenters. The van der Waals surface area contributed by atoms with E-state index in [0.717, 1.165) is 0 Å². The smallest absolute Gasteiger partial charge is 0.168 e. The number of methoxy groups -OCH3 is 1. The molecule has 6 heteroatoms. The van der Waals surface area contributed by atoms with Crippen LogP contribution in [0.2, 0.25) is 0 Å². The molecule has 0 heterocycles. The van der Waals surface area contributed by atoms with Crippen molar-refractivity contribution in [1.29, 1.82) is 0 Å². The highest BCUT2D eigenvalue weighted by atomic mass is 35.5. The molecule has 0 spiro atoms. The maximum Gasteiger partial charge on any atom is 0.168 e. The quantitative estimate of drug-likeness (QED) is 0.787. The van der Waals surface area contributed by atoms with Gasteiger partial charge in [0, 0.05) is 18.7 Å². The zero-order valence-corrected chi connectivity index (χ0v) is 9.39. The molecule has 0 fully saturated rings. The van der Waals surface area contributed by atoms with Crippen LogP contribution in [0.4, 0.5) is 14.5 Å². The summed E-state index contributed by atoms with van der Waals surface area (Å²) >= 11 is 5.37. The molecule has 1 aromatic carbocycles. The minimum absolute atomic E-state index is 0.0347. The van der Waals surface area contributed by atoms with Crippen molar-refractivity contribution in [1.82, 2.24) is 0 Å². The number of benzene rings is 1. The Hall–Kier alpha value is -1.07. The van der Waals surface area contributed by atoms with Crippen LogP contribution in [-0.4, -0.2) is 30.7 Å². The van der Waals surface area contributed by atoms with Crippen LogP contribution >= 0.6 is 11.6 Å². The van der Waals surface area contributed by atoms with E-state index in [1.807, 2.05) is 0 Å². The molecule has 1 atom stereocenters. The molecule has 2 N–H and O–H groups in total. The molecule has 0 aromatic heterocycles. The number of aliphatic hydroxyl groups excluding tert-OH is 1. The Kier molecular flexibility index (Phi) is 4.76. The van der Waals surface area contributed by atoms with Crippen molar-refractivity contribution in [2.45, 2.75) is 6.10 Å². The lowest BCUT2D eigenvalue weighted by Crippen LogP contribution is -2.21. The van der Waals surface area contributed by atoms with E-state index < -0.39 is 17.7 Å². The van der Waals surface area contributed by atoms with Crippen molar-refractivity contribution in [2.75, 3.05) is 24.9 Å². The second-order valence-electron chi connectivity index (χ2n) is 3.16. The second-order valence-corrected chi connectivity index (χ2v) is 3.46. The first-order valence-corrected chi connectivity index (χ1v) is 5.13. The standard InChI is InChI=1S/C10H12ClF2NO2/c1-16-10-3-9(7(12)2-8(10)13)14-5-6(15)4-11/h2-3,6,14-15H,4-5H2,1H3. The Morgan fingerprint density at radius 2 is 2.12 bits per heavy atom. The maximum atomic E-state index is 13.2. The highest BCUT2D eigenvalue weighted by Gasteiger charge is 2.11. The average Bonchev–Trinajstić information content (AvgIpc) is 2.27. The summed E-state index contributed by atoms with van der Waals surface area (Å²) < 4.78 is 31.0. The SMILES string of the molecule is COc1cc(NCC(O)CCl)c(F)cc1F. The van der Waals surface area contributed by atoms with Crippen molar-refractivity contribution >= 4 is 17.3 Å². The average molecular weight is 252 g/mol. The van der Waals surface area contributed by atoms with E-state index >= 15 is 0 Å². The minimum atomic E-state index is -0.794. The van der Waals surface area contributed by atoms with E-state index in [1.165, 1.54) is 13.2 Å². The third-order valence-corrected chi connectivity index (χ3v) is 2.30. The lowest BCUT2D eigenvalue weighted by Gasteiger charge is -2.12. The first kappa shape index (κ1) is 13.0. The van der Waals surface area contributed by atoms with Crippen molar-refractivity contribution in [3.8, 4) is 5.75 Å². The Morgan fingerprint density at radius 1 is 1.44 bits per heavy atom. The fourth-order valence-corrected chi connectivity index (χ4v) is 1.21. The number of halogens is 3. The van der Waals surface area contributed by atoms with Crippen LogP contribution in [-0.2, 0) is 0 Å². The Balaban J connectivity index is 2.79. The third kappa shape index (κ3) is 3.21. The van der Waals surface area contributed by atoms with Gasteiger partial charge < -0.3 is 15.2 Å². The third-order valence-electron chi connectivity index (χ3n) is 1.95. The fourth-order valence-electron chi connectivity index (χ4n) is 1.10. The van der Waals surface area contributed by atoms with Gasteiger partial charge in [0.25, 0.3) is 0 Å². The first-order chi connectivity index (χ1) is 7.58. The van der Waals surface area contributed by atoms with Crippen molar-refractivity contribution in [2.24, 2.45) is 0 Å². The topological polar surface area (TPSA) is 41.5 Å². The number of hydrogen-bond acceptors (Lipinski definition) is 3. The minimum Gasteiger partial charge on any atom is -0.494 e. The number of anilines is 1. The van der Waals surface area contributed by atoms with Gasteiger partial charge >= 0.3 is 0 Å². The van der Waals surface area contributed by atoms with Gasteiger partial charge in [-0.25, -0.2) is 8.78 Å². The molecule has 90 valence electrons. The monoisotopic (exact) mass is 251 g/mol. The highest BCUT2D eigenvalue weighted by molar-refractivity contribution is 6.18. The number of nitrogens with one attached hydrogen (secondary N) is 1. The van der Waals surface area contributed by atoms with Crippen LogP contribution in [0.25, 0.3) is 0 Å². The number of rotatable bonds is 5. The van der Waals surface area contributed by atoms with Gasteiger partial charge in [-0.05, 0) is 0 Å². The van der Waals surface area contributed by atoms with Gasteiger partial charge in [0.15, 0.2) is 11.6 Å². The molecule has 0 amide bonds. The molecule has 1 rings (SSSR count). The molecule has 0 aliphatic heterocycles. The van der Waals surface area contributed by atoms with Gasteiger partial charge in [-0.2, -0.15) is 0 Å². The van der Waals surface area contributed by atoms with E-state index in [9.17, 15) is 8.78 Å². The molecule has 0 saturated heterocycles. The van der Waals surface area contributed by atoms with Crippen molar-refractivity contribution < 1.29 is 18.6 Å². The Labute approximate surface area is 97.0 Å². The molecule has 0 aliphatic rings. The Bertz CT molecular complexity index is 363. The van der Waals surface area contributed by atoms with E-state index in [2.05, 4.69) is 5.32 Å². The fraction of sp³-hybridized carbons (Fsp3) is 0.400. The summed E-state index contributed by atoms with van der Waals surface area (Å²) in [4.78, 5) is 0. The van der Waals surface area contributed by atoms with E-state index in [-0.39, 0.29) is 23.9 Å². The summed E-state index contributed by atoms with van der Waals surface area (Å²) in [6, 6.07) is 1.90. The zero-order chi connectivity index (χ0) is 12.1. The molecule has 16 heavy (non-hydrogen) atoms. The lowest BCUT2D eigenvalue weighted by molar-refractivity contribution is 0.211. The summed E-state index contributed by atoms with van der Waals surface area (Å²) in [5.74, 6) is -1.56. The predicted octanol–water partition coefficient (Wildman–Crippen LogP) is 1.98. The van der Waals surface area contributed by atoms with E-state index in [4.69, 9.17) is 21.4 Å². The molecule has 0 saturated carbocycles. The number of ether oxygens (including phenoxy) is 1. The first-order valence-electron chi connectivity index (χ1n) is 4.59. The summed E-state index contributed by atoms with van der Waals surface area (Å²) in [7, 11) is 1.29. The highest BCUT2D eigenvalue weighted by Crippen LogP contribution is 2.24. The molecule has 1 aromatic rings. The number of hydrogen-bond donors (Lipinski definition) is 2. The van der Waals surface area contributed by atoms with Crippen LogP contribution in [0.5, 0.6) is 5.75 Å². The molecule has 0 radical (unpaired) electrons. The number of alkyl halides is 1. The Morgan fingerprint density at radius 3 is 2.69 bits per heavy atom. The van der Waals surface area contributed by atoms with Crippen LogP contribution in [0.15, 0.2) is 12.1 Å². The van der Waals surface area contributed by atoms with Crippen molar-refractivity contribution in [3.63, 3.8) is 0 Å². The normalized spacial score (nSPS) is 12.3. The summed E-state index contributed by atoms with van der Waals surface area (Å²) in [5, 5.41) is 11.8. The maximum absolute atomic E-state index is 13.2. The molecule has 0 bridgehead atoms. The summed E-state index contributed by atoms with van der Waals surface area (Å²) in [6.45, 7) is 0.0786. The van der Waals surface area contributed by atoms with Crippen LogP contribution in [0, 0.1) is 11.6 Å². The van der Waals surface area contributed by atoms with Gasteiger partial charge in [-0.15, -0.1) is 11.6 Å².